The van der Waals surface area contributed by atoms with E-state index in [1.165, 1.54) is 73.9 Å². The maximum atomic E-state index is 10.9. The van der Waals surface area contributed by atoms with Gasteiger partial charge in [0.25, 0.3) is 0 Å². The average Bonchev–Trinajstić information content (AvgIpc) is 3.43. The zero-order valence-electron chi connectivity index (χ0n) is 54.5. The number of aliphatic hydroxyl groups is 4. The van der Waals surface area contributed by atoms with Crippen molar-refractivity contribution in [3.63, 3.8) is 0 Å². The number of aliphatic hydroxyl groups excluding tert-OH is 4. The fraction of sp³-hybridized carbons (Fsp3) is 0.964. The number of ether oxygens (including phenoxy) is 10. The van der Waals surface area contributed by atoms with Crippen molar-refractivity contribution in [3.8, 4) is 0 Å². The Hall–Kier alpha value is -1.72. The van der Waals surface area contributed by atoms with Crippen LogP contribution in [0.3, 0.4) is 0 Å². The van der Waals surface area contributed by atoms with Gasteiger partial charge >= 0.3 is 5.97 Å². The van der Waals surface area contributed by atoms with Crippen molar-refractivity contribution in [2.45, 2.75) is 184 Å². The van der Waals surface area contributed by atoms with Crippen molar-refractivity contribution >= 4 is 31.6 Å². The molecule has 6 N–H and O–H groups in total. The number of carbonyl (C=O) groups is 2. The van der Waals surface area contributed by atoms with Crippen molar-refractivity contribution in [3.05, 3.63) is 0 Å². The molecule has 0 aliphatic rings. The summed E-state index contributed by atoms with van der Waals surface area (Å²) in [5, 5.41) is 41.3. The van der Waals surface area contributed by atoms with Crippen LogP contribution in [0.1, 0.15) is 160 Å². The van der Waals surface area contributed by atoms with E-state index in [2.05, 4.69) is 62.0 Å². The second-order valence-electron chi connectivity index (χ2n) is 16.5. The molecule has 492 valence electrons. The van der Waals surface area contributed by atoms with Gasteiger partial charge < -0.3 is 78.4 Å². The molecule has 0 heterocycles. The Labute approximate surface area is 485 Å². The lowest BCUT2D eigenvalue weighted by atomic mass is 10.1. The molecule has 0 rings (SSSR count). The van der Waals surface area contributed by atoms with E-state index in [1.807, 2.05) is 41.7 Å². The zero-order chi connectivity index (χ0) is 64.0. The second kappa shape index (κ2) is 95.5. The van der Waals surface area contributed by atoms with Gasteiger partial charge in [-0.2, -0.15) is 0 Å². The third-order valence-corrected chi connectivity index (χ3v) is 12.0. The maximum absolute atomic E-state index is 10.9. The molecule has 1 amide bonds. The summed E-state index contributed by atoms with van der Waals surface area (Å²) in [7, 11) is 12.0. The van der Waals surface area contributed by atoms with E-state index in [0.717, 1.165) is 45.6 Å². The standard InChI is InChI=1S/2C7H16O3.C6H14O3S.C6H14O.C5H12O2.C5H12O.C4H9NO.C4H11N.C4H10O3S.C4H10O.C3H6O2/c1-3-6(8)4-7(9)5-10-2;1-3-7(8)6-10-5-4-9-2;1-3-5-10(7,8)6-4-9-2;1-3-4-5-6-7-2;1-3-5(6)4-7-2;1-3-4-5-6-2;1-3-4(6)5-2;1-3-4-5-2;1-3-8(5,6)4-7-2;1-3-4-5-2;1-3(4)5-2/h6-9H,3-5H2,1-2H3;7-8H,3-6H2,1-2H3;3-6H2,1-2H3;3-6H2,1-2H3;5-6H,3-4H2,1-2H3;3-5H2,1-2H3;3H2,1-2H3,(H,5,6);5H,3-4H2,1-2H3;3-4H2,1-2H3;3-4H2,1-2H3;1-2H3. The number of nitrogens with one attached hydrogen (secondary N) is 2. The molecule has 79 heavy (non-hydrogen) atoms. The number of carbonyl (C=O) groups excluding carboxylic acids is 2. The number of unbranched alkanes of at least 4 members (excludes halogenated alkanes) is 3. The van der Waals surface area contributed by atoms with Gasteiger partial charge in [0.2, 0.25) is 5.91 Å². The minimum Gasteiger partial charge on any atom is -0.469 e. The minimum absolute atomic E-state index is 0.0926. The van der Waals surface area contributed by atoms with Gasteiger partial charge in [-0.15, -0.1) is 0 Å². The molecule has 0 fully saturated rings. The SMILES string of the molecule is CCC(=O)NC.CCC(O)CC(O)COC.CCC(O)COC.CCC(O)COCCOC.CCCCCOC.CCCCOC.CCCNC.CCCOC.CCCS(=O)(=O)CCOC.CCS(=O)(=O)COC.COC(C)=O. The molecule has 0 aromatic carbocycles. The van der Waals surface area contributed by atoms with Crippen LogP contribution in [-0.2, 0) is 76.6 Å². The first-order valence-electron chi connectivity index (χ1n) is 27.8. The van der Waals surface area contributed by atoms with Gasteiger partial charge in [0, 0.05) is 115 Å². The highest BCUT2D eigenvalue weighted by Crippen LogP contribution is 2.01. The predicted octanol–water partition coefficient (Wildman–Crippen LogP) is 6.70. The summed E-state index contributed by atoms with van der Waals surface area (Å²) in [5.41, 5.74) is 0. The third kappa shape index (κ3) is 148. The molecule has 24 heteroatoms. The molecule has 0 spiro atoms. The molecule has 0 aliphatic heterocycles. The molecule has 0 aromatic heterocycles. The van der Waals surface area contributed by atoms with E-state index in [4.69, 9.17) is 44.1 Å². The lowest BCUT2D eigenvalue weighted by Gasteiger charge is -2.12. The summed E-state index contributed by atoms with van der Waals surface area (Å²) in [4.78, 5) is 19.7. The molecule has 0 radical (unpaired) electrons. The van der Waals surface area contributed by atoms with E-state index in [1.54, 1.807) is 49.5 Å². The van der Waals surface area contributed by atoms with Crippen molar-refractivity contribution < 1.29 is 94.2 Å². The molecule has 22 nitrogen and oxygen atoms in total. The van der Waals surface area contributed by atoms with Crippen LogP contribution in [0.5, 0.6) is 0 Å². The van der Waals surface area contributed by atoms with Crippen LogP contribution in [0.4, 0.5) is 0 Å². The summed E-state index contributed by atoms with van der Waals surface area (Å²) < 4.78 is 89.4. The molecule has 0 bridgehead atoms. The summed E-state index contributed by atoms with van der Waals surface area (Å²) in [6, 6.07) is 0. The normalized spacial score (nSPS) is 11.4. The van der Waals surface area contributed by atoms with Gasteiger partial charge in [-0.3, -0.25) is 9.59 Å². The monoisotopic (exact) mass is 1200 g/mol. The Morgan fingerprint density at radius 2 is 0.899 bits per heavy atom. The van der Waals surface area contributed by atoms with Crippen LogP contribution in [0, 0.1) is 0 Å². The number of sulfone groups is 2. The average molecular weight is 1200 g/mol. The van der Waals surface area contributed by atoms with E-state index in [0.29, 0.717) is 65.3 Å². The van der Waals surface area contributed by atoms with Gasteiger partial charge in [-0.25, -0.2) is 16.8 Å². The number of hydrogen-bond donors (Lipinski definition) is 6. The predicted molar refractivity (Wildman–Crippen MR) is 325 cm³/mol. The Kier molecular flexibility index (Phi) is 124. The number of amides is 1. The lowest BCUT2D eigenvalue weighted by Crippen LogP contribution is -2.21. The quantitative estimate of drug-likeness (QED) is 0.0288. The Morgan fingerprint density at radius 3 is 1.14 bits per heavy atom. The number of hydrogen-bond acceptors (Lipinski definition) is 21. The lowest BCUT2D eigenvalue weighted by molar-refractivity contribution is -0.138. The third-order valence-electron chi connectivity index (χ3n) is 8.72. The first kappa shape index (κ1) is 102. The number of rotatable bonds is 34. The molecule has 0 saturated carbocycles. The Bertz CT molecular complexity index is 1220. The van der Waals surface area contributed by atoms with Gasteiger partial charge in [-0.05, 0) is 65.0 Å². The molecular formula is C55H130N2O20S2. The molecule has 0 aliphatic carbocycles. The van der Waals surface area contributed by atoms with Crippen LogP contribution in [0.15, 0.2) is 0 Å². The van der Waals surface area contributed by atoms with E-state index < -0.39 is 31.9 Å². The highest BCUT2D eigenvalue weighted by Gasteiger charge is 2.09. The van der Waals surface area contributed by atoms with Crippen LogP contribution in [-0.4, -0.2) is 241 Å². The van der Waals surface area contributed by atoms with Crippen molar-refractivity contribution in [1.29, 1.82) is 0 Å². The Morgan fingerprint density at radius 1 is 0.456 bits per heavy atom. The van der Waals surface area contributed by atoms with Gasteiger partial charge in [0.1, 0.15) is 5.94 Å². The van der Waals surface area contributed by atoms with Crippen molar-refractivity contribution in [2.75, 3.05) is 167 Å². The first-order chi connectivity index (χ1) is 37.3. The van der Waals surface area contributed by atoms with Gasteiger partial charge in [-0.1, -0.05) is 88.5 Å². The van der Waals surface area contributed by atoms with Crippen molar-refractivity contribution in [1.82, 2.24) is 10.6 Å². The van der Waals surface area contributed by atoms with E-state index in [9.17, 15) is 26.4 Å². The van der Waals surface area contributed by atoms with E-state index in [-0.39, 0.29) is 47.3 Å². The van der Waals surface area contributed by atoms with Gasteiger partial charge in [0.05, 0.1) is 76.9 Å². The fourth-order valence-corrected chi connectivity index (χ4v) is 5.61. The number of methoxy groups -OCH3 is 9. The van der Waals surface area contributed by atoms with Crippen LogP contribution < -0.4 is 10.6 Å². The van der Waals surface area contributed by atoms with E-state index >= 15 is 0 Å². The van der Waals surface area contributed by atoms with Crippen molar-refractivity contribution in [2.24, 2.45) is 0 Å². The highest BCUT2D eigenvalue weighted by molar-refractivity contribution is 7.91. The molecular weight excluding hydrogens is 1070 g/mol. The summed E-state index contributed by atoms with van der Waals surface area (Å²) >= 11 is 0. The molecule has 0 saturated heterocycles. The van der Waals surface area contributed by atoms with Crippen LogP contribution in [0.25, 0.3) is 0 Å². The zero-order valence-corrected chi connectivity index (χ0v) is 56.2. The largest absolute Gasteiger partial charge is 0.469 e. The highest BCUT2D eigenvalue weighted by atomic mass is 32.2. The second-order valence-corrected chi connectivity index (χ2v) is 21.1. The van der Waals surface area contributed by atoms with Gasteiger partial charge in [0.15, 0.2) is 19.7 Å². The smallest absolute Gasteiger partial charge is 0.302 e. The molecule has 0 aromatic rings. The number of esters is 1. The minimum atomic E-state index is -2.89. The first-order valence-corrected chi connectivity index (χ1v) is 31.5. The Balaban J connectivity index is -0.0000000722. The maximum Gasteiger partial charge on any atom is 0.302 e. The fourth-order valence-electron chi connectivity index (χ4n) is 3.83. The van der Waals surface area contributed by atoms with Crippen LogP contribution >= 0.6 is 0 Å². The van der Waals surface area contributed by atoms with Crippen LogP contribution in [0.2, 0.25) is 0 Å². The summed E-state index contributed by atoms with van der Waals surface area (Å²) in [6.45, 7) is 27.4. The molecule has 4 atom stereocenters. The topological polar surface area (TPSA) is 300 Å². The summed E-state index contributed by atoms with van der Waals surface area (Å²) in [5.74, 6) is 0.262. The molecule has 4 unspecified atom stereocenters. The summed E-state index contributed by atoms with van der Waals surface area (Å²) in [6.07, 6.45) is 10.9.